The Bertz CT molecular complexity index is 547. The van der Waals surface area contributed by atoms with Gasteiger partial charge in [0.15, 0.2) is 0 Å². The summed E-state index contributed by atoms with van der Waals surface area (Å²) in [4.78, 5) is 35.6. The number of hydrogen-bond acceptors (Lipinski definition) is 3. The van der Waals surface area contributed by atoms with Gasteiger partial charge in [-0.05, 0) is 55.8 Å². The Morgan fingerprint density at radius 3 is 2.76 bits per heavy atom. The normalized spacial score (nSPS) is 45.4. The molecule has 4 aliphatic rings. The van der Waals surface area contributed by atoms with Gasteiger partial charge in [-0.15, -0.1) is 0 Å². The highest BCUT2D eigenvalue weighted by Crippen LogP contribution is 2.59. The SMILES string of the molecule is O=C[C@]12CC[C@H]3[C@@H](CC=C4CC(=O)CC[C@@H]43)[C@@H]1CCC2=O. The van der Waals surface area contributed by atoms with Gasteiger partial charge in [0.05, 0.1) is 5.41 Å². The fraction of sp³-hybridized carbons (Fsp3) is 0.722. The molecule has 0 unspecified atom stereocenters. The van der Waals surface area contributed by atoms with Crippen molar-refractivity contribution in [2.75, 3.05) is 0 Å². The minimum Gasteiger partial charge on any atom is -0.302 e. The highest BCUT2D eigenvalue weighted by atomic mass is 16.1. The lowest BCUT2D eigenvalue weighted by Gasteiger charge is -2.50. The second-order valence-corrected chi connectivity index (χ2v) is 7.47. The molecule has 0 amide bonds. The van der Waals surface area contributed by atoms with Crippen LogP contribution in [0.15, 0.2) is 11.6 Å². The third-order valence-electron chi connectivity index (χ3n) is 6.81. The Hall–Kier alpha value is -1.25. The number of aldehydes is 1. The number of hydrogen-bond donors (Lipinski definition) is 0. The molecule has 0 N–H and O–H groups in total. The van der Waals surface area contributed by atoms with E-state index < -0.39 is 5.41 Å². The van der Waals surface area contributed by atoms with Crippen LogP contribution in [0.25, 0.3) is 0 Å². The maximum atomic E-state index is 12.3. The van der Waals surface area contributed by atoms with Crippen LogP contribution < -0.4 is 0 Å². The van der Waals surface area contributed by atoms with E-state index in [1.54, 1.807) is 0 Å². The van der Waals surface area contributed by atoms with Crippen molar-refractivity contribution in [2.45, 2.75) is 51.4 Å². The van der Waals surface area contributed by atoms with Gasteiger partial charge in [0.25, 0.3) is 0 Å². The standard InChI is InChI=1S/C18H22O3/c19-10-18-8-7-14-13-4-2-12(20)9-11(13)1-3-15(14)16(18)5-6-17(18)21/h1,10,13-16H,2-9H2/t13-,14+,15+,16-,18+/m0/s1. The molecule has 3 saturated carbocycles. The molecule has 0 spiro atoms. The molecule has 0 bridgehead atoms. The fourth-order valence-electron chi connectivity index (χ4n) is 5.82. The van der Waals surface area contributed by atoms with E-state index in [9.17, 15) is 14.4 Å². The van der Waals surface area contributed by atoms with Gasteiger partial charge in [-0.25, -0.2) is 0 Å². The maximum absolute atomic E-state index is 12.3. The summed E-state index contributed by atoms with van der Waals surface area (Å²) >= 11 is 0. The van der Waals surface area contributed by atoms with Crippen molar-refractivity contribution in [2.24, 2.45) is 29.1 Å². The topological polar surface area (TPSA) is 51.2 Å². The zero-order valence-electron chi connectivity index (χ0n) is 12.3. The van der Waals surface area contributed by atoms with Crippen LogP contribution in [0.1, 0.15) is 51.4 Å². The number of allylic oxidation sites excluding steroid dienone is 2. The molecule has 0 aromatic heterocycles. The molecule has 4 aliphatic carbocycles. The second kappa shape index (κ2) is 4.62. The molecule has 4 rings (SSSR count). The minimum absolute atomic E-state index is 0.189. The number of carbonyl (C=O) groups excluding carboxylic acids is 3. The quantitative estimate of drug-likeness (QED) is 0.423. The third-order valence-corrected chi connectivity index (χ3v) is 6.81. The average Bonchev–Trinajstić information content (AvgIpc) is 2.84. The van der Waals surface area contributed by atoms with Crippen molar-refractivity contribution in [3.63, 3.8) is 0 Å². The van der Waals surface area contributed by atoms with Crippen molar-refractivity contribution < 1.29 is 14.4 Å². The van der Waals surface area contributed by atoms with E-state index in [2.05, 4.69) is 6.08 Å². The van der Waals surface area contributed by atoms with Crippen LogP contribution in [0, 0.1) is 29.1 Å². The van der Waals surface area contributed by atoms with E-state index in [4.69, 9.17) is 0 Å². The first-order valence-corrected chi connectivity index (χ1v) is 8.36. The molecule has 0 radical (unpaired) electrons. The van der Waals surface area contributed by atoms with Crippen LogP contribution in [-0.4, -0.2) is 17.9 Å². The van der Waals surface area contributed by atoms with Crippen LogP contribution in [0.3, 0.4) is 0 Å². The number of ketones is 2. The smallest absolute Gasteiger partial charge is 0.146 e. The summed E-state index contributed by atoms with van der Waals surface area (Å²) in [5.41, 5.74) is 0.701. The summed E-state index contributed by atoms with van der Waals surface area (Å²) < 4.78 is 0. The zero-order valence-corrected chi connectivity index (χ0v) is 12.3. The van der Waals surface area contributed by atoms with Crippen LogP contribution in [0.2, 0.25) is 0 Å². The molecule has 112 valence electrons. The lowest BCUT2D eigenvalue weighted by Crippen LogP contribution is -2.48. The Labute approximate surface area is 125 Å². The number of rotatable bonds is 1. The van der Waals surface area contributed by atoms with E-state index >= 15 is 0 Å². The predicted octanol–water partition coefficient (Wildman–Crippen LogP) is 2.88. The van der Waals surface area contributed by atoms with Gasteiger partial charge in [-0.3, -0.25) is 9.59 Å². The van der Waals surface area contributed by atoms with E-state index in [-0.39, 0.29) is 11.7 Å². The maximum Gasteiger partial charge on any atom is 0.146 e. The first-order chi connectivity index (χ1) is 10.2. The molecular formula is C18H22O3. The van der Waals surface area contributed by atoms with Gasteiger partial charge >= 0.3 is 0 Å². The minimum atomic E-state index is -0.656. The molecule has 0 saturated heterocycles. The second-order valence-electron chi connectivity index (χ2n) is 7.47. The summed E-state index contributed by atoms with van der Waals surface area (Å²) in [6.07, 6.45) is 9.79. The monoisotopic (exact) mass is 286 g/mol. The van der Waals surface area contributed by atoms with Crippen molar-refractivity contribution in [3.05, 3.63) is 11.6 Å². The van der Waals surface area contributed by atoms with Gasteiger partial charge in [0.1, 0.15) is 17.9 Å². The summed E-state index contributed by atoms with van der Waals surface area (Å²) in [5, 5.41) is 0. The molecule has 0 aromatic carbocycles. The molecule has 3 nitrogen and oxygen atoms in total. The Balaban J connectivity index is 1.67. The number of fused-ring (bicyclic) bond motifs is 5. The van der Waals surface area contributed by atoms with Gasteiger partial charge in [-0.1, -0.05) is 11.6 Å². The number of carbonyl (C=O) groups is 3. The molecule has 5 atom stereocenters. The molecule has 0 aromatic rings. The van der Waals surface area contributed by atoms with Crippen LogP contribution >= 0.6 is 0 Å². The lowest BCUT2D eigenvalue weighted by atomic mass is 9.53. The third kappa shape index (κ3) is 1.75. The summed E-state index contributed by atoms with van der Waals surface area (Å²) in [7, 11) is 0. The highest BCUT2D eigenvalue weighted by Gasteiger charge is 2.58. The van der Waals surface area contributed by atoms with Gasteiger partial charge < -0.3 is 4.79 Å². The van der Waals surface area contributed by atoms with Crippen LogP contribution in [-0.2, 0) is 14.4 Å². The molecule has 0 heterocycles. The molecule has 3 heteroatoms. The van der Waals surface area contributed by atoms with E-state index in [0.717, 1.165) is 38.4 Å². The highest BCUT2D eigenvalue weighted by molar-refractivity contribution is 6.00. The van der Waals surface area contributed by atoms with Crippen molar-refractivity contribution >= 4 is 17.9 Å². The summed E-state index contributed by atoms with van der Waals surface area (Å²) in [6, 6.07) is 0. The zero-order chi connectivity index (χ0) is 14.6. The molecule has 3 fully saturated rings. The van der Waals surface area contributed by atoms with Gasteiger partial charge in [-0.2, -0.15) is 0 Å². The Morgan fingerprint density at radius 1 is 1.10 bits per heavy atom. The Kier molecular flexibility index (Phi) is 2.95. The van der Waals surface area contributed by atoms with E-state index in [1.165, 1.54) is 5.57 Å². The van der Waals surface area contributed by atoms with E-state index in [0.29, 0.717) is 42.8 Å². The summed E-state index contributed by atoms with van der Waals surface area (Å²) in [6.45, 7) is 0. The van der Waals surface area contributed by atoms with Crippen molar-refractivity contribution in [1.29, 1.82) is 0 Å². The van der Waals surface area contributed by atoms with Gasteiger partial charge in [0, 0.05) is 19.3 Å². The largest absolute Gasteiger partial charge is 0.302 e. The lowest BCUT2D eigenvalue weighted by molar-refractivity contribution is -0.139. The average molecular weight is 286 g/mol. The molecular weight excluding hydrogens is 264 g/mol. The fourth-order valence-corrected chi connectivity index (χ4v) is 5.82. The molecule has 0 aliphatic heterocycles. The van der Waals surface area contributed by atoms with Crippen molar-refractivity contribution in [1.82, 2.24) is 0 Å². The summed E-state index contributed by atoms with van der Waals surface area (Å²) in [5.74, 6) is 2.46. The first-order valence-electron chi connectivity index (χ1n) is 8.36. The predicted molar refractivity (Wildman–Crippen MR) is 77.5 cm³/mol. The van der Waals surface area contributed by atoms with Crippen LogP contribution in [0.4, 0.5) is 0 Å². The van der Waals surface area contributed by atoms with Gasteiger partial charge in [0.2, 0.25) is 0 Å². The number of Topliss-reactive ketones (excluding diaryl/α,β-unsaturated/α-hetero) is 2. The van der Waals surface area contributed by atoms with E-state index in [1.807, 2.05) is 0 Å². The van der Waals surface area contributed by atoms with Crippen molar-refractivity contribution in [3.8, 4) is 0 Å². The molecule has 21 heavy (non-hydrogen) atoms. The first kappa shape index (κ1) is 13.4. The Morgan fingerprint density at radius 2 is 1.95 bits per heavy atom. The van der Waals surface area contributed by atoms with Crippen LogP contribution in [0.5, 0.6) is 0 Å².